The minimum absolute atomic E-state index is 0.0714. The van der Waals surface area contributed by atoms with Gasteiger partial charge in [0.05, 0.1) is 17.3 Å². The first-order valence-electron chi connectivity index (χ1n) is 5.08. The maximum Gasteiger partial charge on any atom is 0.317 e. The summed E-state index contributed by atoms with van der Waals surface area (Å²) >= 11 is 5.93. The van der Waals surface area contributed by atoms with Crippen molar-refractivity contribution in [3.63, 3.8) is 0 Å². The average molecular weight is 241 g/mol. The number of nitrogens with two attached hydrogens (primary N) is 1. The van der Waals surface area contributed by atoms with E-state index in [1.54, 1.807) is 6.07 Å². The highest BCUT2D eigenvalue weighted by Crippen LogP contribution is 2.29. The molecule has 0 saturated heterocycles. The van der Waals surface area contributed by atoms with Gasteiger partial charge in [0.1, 0.15) is 0 Å². The van der Waals surface area contributed by atoms with E-state index in [9.17, 15) is 4.79 Å². The minimum Gasteiger partial charge on any atom is -0.480 e. The third-order valence-corrected chi connectivity index (χ3v) is 3.16. The first-order chi connectivity index (χ1) is 7.58. The van der Waals surface area contributed by atoms with Crippen molar-refractivity contribution < 1.29 is 9.90 Å². The number of nitrogens with zero attached hydrogens (tertiary/aromatic N) is 1. The molecule has 86 valence electrons. The predicted octanol–water partition coefficient (Wildman–Crippen LogP) is 1.36. The van der Waals surface area contributed by atoms with Gasteiger partial charge < -0.3 is 10.8 Å². The van der Waals surface area contributed by atoms with Crippen LogP contribution in [0.5, 0.6) is 0 Å². The molecule has 2 rings (SSSR count). The van der Waals surface area contributed by atoms with E-state index in [-0.39, 0.29) is 6.54 Å². The summed E-state index contributed by atoms with van der Waals surface area (Å²) in [5.74, 6) is -0.801. The maximum atomic E-state index is 10.6. The Labute approximate surface area is 98.6 Å². The Kier molecular flexibility index (Phi) is 3.03. The Bertz CT molecular complexity index is 434. The fourth-order valence-electron chi connectivity index (χ4n) is 2.04. The molecule has 0 amide bonds. The molecule has 4 nitrogen and oxygen atoms in total. The van der Waals surface area contributed by atoms with Crippen LogP contribution in [-0.2, 0) is 17.8 Å². The SMILES string of the molecule is Nc1c(Cl)ccc2c1CCN(CC(=O)O)C2. The zero-order chi connectivity index (χ0) is 11.7. The summed E-state index contributed by atoms with van der Waals surface area (Å²) in [4.78, 5) is 12.5. The van der Waals surface area contributed by atoms with Gasteiger partial charge in [-0.25, -0.2) is 0 Å². The Morgan fingerprint density at radius 1 is 1.56 bits per heavy atom. The number of rotatable bonds is 2. The van der Waals surface area contributed by atoms with Crippen LogP contribution in [0.15, 0.2) is 12.1 Å². The third-order valence-electron chi connectivity index (χ3n) is 2.83. The van der Waals surface area contributed by atoms with Gasteiger partial charge in [0.25, 0.3) is 0 Å². The molecule has 0 aromatic heterocycles. The van der Waals surface area contributed by atoms with Crippen LogP contribution in [0.3, 0.4) is 0 Å². The second-order valence-corrected chi connectivity index (χ2v) is 4.36. The number of hydrogen-bond donors (Lipinski definition) is 2. The maximum absolute atomic E-state index is 10.6. The van der Waals surface area contributed by atoms with Crippen molar-refractivity contribution in [1.82, 2.24) is 4.90 Å². The first kappa shape index (κ1) is 11.2. The minimum atomic E-state index is -0.801. The largest absolute Gasteiger partial charge is 0.480 e. The smallest absolute Gasteiger partial charge is 0.317 e. The molecule has 5 heteroatoms. The highest BCUT2D eigenvalue weighted by molar-refractivity contribution is 6.33. The Hall–Kier alpha value is -1.26. The highest BCUT2D eigenvalue weighted by Gasteiger charge is 2.20. The molecular weight excluding hydrogens is 228 g/mol. The van der Waals surface area contributed by atoms with Gasteiger partial charge in [-0.05, 0) is 23.6 Å². The fraction of sp³-hybridized carbons (Fsp3) is 0.364. The van der Waals surface area contributed by atoms with Gasteiger partial charge in [0, 0.05) is 13.1 Å². The van der Waals surface area contributed by atoms with Gasteiger partial charge in [-0.3, -0.25) is 9.69 Å². The summed E-state index contributed by atoms with van der Waals surface area (Å²) in [6, 6.07) is 3.68. The second kappa shape index (κ2) is 4.31. The lowest BCUT2D eigenvalue weighted by molar-refractivity contribution is -0.138. The van der Waals surface area contributed by atoms with Gasteiger partial charge in [-0.1, -0.05) is 17.7 Å². The summed E-state index contributed by atoms with van der Waals surface area (Å²) in [6.45, 7) is 1.41. The lowest BCUT2D eigenvalue weighted by Gasteiger charge is -2.28. The van der Waals surface area contributed by atoms with Gasteiger partial charge in [-0.2, -0.15) is 0 Å². The van der Waals surface area contributed by atoms with Crippen LogP contribution < -0.4 is 5.73 Å². The van der Waals surface area contributed by atoms with Gasteiger partial charge >= 0.3 is 5.97 Å². The molecule has 1 aliphatic rings. The number of carbonyl (C=O) groups is 1. The van der Waals surface area contributed by atoms with Crippen LogP contribution in [0, 0.1) is 0 Å². The molecule has 1 aliphatic heterocycles. The van der Waals surface area contributed by atoms with Crippen LogP contribution in [0.2, 0.25) is 5.02 Å². The fourth-order valence-corrected chi connectivity index (χ4v) is 2.22. The zero-order valence-corrected chi connectivity index (χ0v) is 9.50. The lowest BCUT2D eigenvalue weighted by Crippen LogP contribution is -2.35. The van der Waals surface area contributed by atoms with E-state index in [1.165, 1.54) is 0 Å². The summed E-state index contributed by atoms with van der Waals surface area (Å²) in [6.07, 6.45) is 0.759. The van der Waals surface area contributed by atoms with Crippen molar-refractivity contribution in [1.29, 1.82) is 0 Å². The van der Waals surface area contributed by atoms with Gasteiger partial charge in [0.2, 0.25) is 0 Å². The number of carboxylic acid groups (broad SMARTS) is 1. The normalized spacial score (nSPS) is 15.8. The van der Waals surface area contributed by atoms with Crippen LogP contribution in [0.25, 0.3) is 0 Å². The van der Waals surface area contributed by atoms with E-state index < -0.39 is 5.97 Å². The van der Waals surface area contributed by atoms with Crippen LogP contribution in [0.1, 0.15) is 11.1 Å². The second-order valence-electron chi connectivity index (χ2n) is 3.95. The first-order valence-corrected chi connectivity index (χ1v) is 5.45. The molecule has 1 aromatic rings. The number of benzene rings is 1. The lowest BCUT2D eigenvalue weighted by atomic mass is 9.98. The van der Waals surface area contributed by atoms with Crippen LogP contribution >= 0.6 is 11.6 Å². The van der Waals surface area contributed by atoms with E-state index >= 15 is 0 Å². The molecule has 1 heterocycles. The molecule has 0 bridgehead atoms. The van der Waals surface area contributed by atoms with E-state index in [0.717, 1.165) is 17.5 Å². The molecule has 0 unspecified atom stereocenters. The van der Waals surface area contributed by atoms with E-state index in [1.807, 2.05) is 11.0 Å². The van der Waals surface area contributed by atoms with E-state index in [2.05, 4.69) is 0 Å². The standard InChI is InChI=1S/C11H13ClN2O2/c12-9-2-1-7-5-14(6-10(15)16)4-3-8(7)11(9)13/h1-2H,3-6,13H2,(H,15,16). The Morgan fingerprint density at radius 3 is 3.00 bits per heavy atom. The molecule has 0 fully saturated rings. The van der Waals surface area contributed by atoms with E-state index in [4.69, 9.17) is 22.4 Å². The summed E-state index contributed by atoms with van der Waals surface area (Å²) in [5.41, 5.74) is 8.66. The van der Waals surface area contributed by atoms with Gasteiger partial charge in [-0.15, -0.1) is 0 Å². The number of carboxylic acids is 1. The molecule has 0 saturated carbocycles. The summed E-state index contributed by atoms with van der Waals surface area (Å²) < 4.78 is 0. The highest BCUT2D eigenvalue weighted by atomic mass is 35.5. The van der Waals surface area contributed by atoms with Crippen molar-refractivity contribution in [2.75, 3.05) is 18.8 Å². The Balaban J connectivity index is 2.22. The van der Waals surface area contributed by atoms with Crippen LogP contribution in [-0.4, -0.2) is 29.1 Å². The number of aliphatic carboxylic acids is 1. The van der Waals surface area contributed by atoms with Crippen molar-refractivity contribution in [3.8, 4) is 0 Å². The molecule has 3 N–H and O–H groups in total. The number of fused-ring (bicyclic) bond motifs is 1. The quantitative estimate of drug-likeness (QED) is 0.767. The van der Waals surface area contributed by atoms with Crippen molar-refractivity contribution in [2.24, 2.45) is 0 Å². The molecule has 16 heavy (non-hydrogen) atoms. The monoisotopic (exact) mass is 240 g/mol. The molecule has 0 aliphatic carbocycles. The summed E-state index contributed by atoms with van der Waals surface area (Å²) in [7, 11) is 0. The van der Waals surface area contributed by atoms with Crippen molar-refractivity contribution in [2.45, 2.75) is 13.0 Å². The van der Waals surface area contributed by atoms with Crippen molar-refractivity contribution in [3.05, 3.63) is 28.3 Å². The number of nitrogen functional groups attached to an aromatic ring is 1. The number of halogens is 1. The molecule has 0 spiro atoms. The molecule has 0 radical (unpaired) electrons. The Morgan fingerprint density at radius 2 is 2.31 bits per heavy atom. The van der Waals surface area contributed by atoms with Crippen molar-refractivity contribution >= 4 is 23.3 Å². The average Bonchev–Trinajstić information content (AvgIpc) is 2.23. The topological polar surface area (TPSA) is 66.6 Å². The van der Waals surface area contributed by atoms with Crippen LogP contribution in [0.4, 0.5) is 5.69 Å². The predicted molar refractivity (Wildman–Crippen MR) is 62.5 cm³/mol. The van der Waals surface area contributed by atoms with E-state index in [0.29, 0.717) is 23.8 Å². The number of anilines is 1. The molecule has 1 aromatic carbocycles. The van der Waals surface area contributed by atoms with Gasteiger partial charge in [0.15, 0.2) is 0 Å². The molecule has 0 atom stereocenters. The zero-order valence-electron chi connectivity index (χ0n) is 8.74. The third kappa shape index (κ3) is 2.13. The summed E-state index contributed by atoms with van der Waals surface area (Å²) in [5, 5.41) is 9.30. The number of hydrogen-bond acceptors (Lipinski definition) is 3. The molecular formula is C11H13ClN2O2.